The van der Waals surface area contributed by atoms with Crippen molar-refractivity contribution in [1.82, 2.24) is 15.7 Å². The molecule has 1 heterocycles. The number of amides is 4. The molecule has 7 heteroatoms. The Kier molecular flexibility index (Phi) is 5.24. The maximum absolute atomic E-state index is 13.0. The van der Waals surface area contributed by atoms with Crippen LogP contribution in [0.1, 0.15) is 45.6 Å². The van der Waals surface area contributed by atoms with Gasteiger partial charge in [-0.25, -0.2) is 10.3 Å². The summed E-state index contributed by atoms with van der Waals surface area (Å²) in [5.74, 6) is -0.527. The molecule has 0 bridgehead atoms. The highest BCUT2D eigenvalue weighted by atomic mass is 16.6. The van der Waals surface area contributed by atoms with Gasteiger partial charge in [0, 0.05) is 0 Å². The minimum Gasteiger partial charge on any atom is -0.323 e. The first kappa shape index (κ1) is 19.4. The molecule has 1 aliphatic heterocycles. The van der Waals surface area contributed by atoms with Crippen LogP contribution in [0.4, 0.5) is 4.79 Å². The van der Waals surface area contributed by atoms with E-state index in [9.17, 15) is 14.4 Å². The molecule has 4 amide bonds. The minimum atomic E-state index is -0.899. The molecule has 27 heavy (non-hydrogen) atoms. The average molecular weight is 373 g/mol. The number of imide groups is 1. The first-order valence-electron chi connectivity index (χ1n) is 9.29. The number of urea groups is 1. The van der Waals surface area contributed by atoms with Gasteiger partial charge in [0.05, 0.1) is 6.61 Å². The third kappa shape index (κ3) is 4.30. The molecule has 146 valence electrons. The molecule has 1 aromatic carbocycles. The monoisotopic (exact) mass is 373 g/mol. The molecule has 1 saturated carbocycles. The van der Waals surface area contributed by atoms with Gasteiger partial charge in [-0.3, -0.25) is 19.3 Å². The van der Waals surface area contributed by atoms with Crippen molar-refractivity contribution in [3.63, 3.8) is 0 Å². The summed E-state index contributed by atoms with van der Waals surface area (Å²) in [6.45, 7) is 6.17. The first-order chi connectivity index (χ1) is 12.7. The highest BCUT2D eigenvalue weighted by molar-refractivity contribution is 6.09. The highest BCUT2D eigenvalue weighted by Gasteiger charge is 2.56. The molecular formula is C20H27N3O4. The Hall–Kier alpha value is -2.41. The summed E-state index contributed by atoms with van der Waals surface area (Å²) in [4.78, 5) is 43.7. The van der Waals surface area contributed by atoms with Crippen LogP contribution in [0.3, 0.4) is 0 Å². The van der Waals surface area contributed by atoms with Crippen molar-refractivity contribution in [2.24, 2.45) is 11.3 Å². The van der Waals surface area contributed by atoms with E-state index in [4.69, 9.17) is 4.84 Å². The van der Waals surface area contributed by atoms with Gasteiger partial charge in [-0.15, -0.1) is 0 Å². The third-order valence-electron chi connectivity index (χ3n) is 5.19. The molecule has 3 rings (SSSR count). The van der Waals surface area contributed by atoms with E-state index >= 15 is 0 Å². The Morgan fingerprint density at radius 2 is 1.96 bits per heavy atom. The topological polar surface area (TPSA) is 87.7 Å². The summed E-state index contributed by atoms with van der Waals surface area (Å²) in [5, 5.41) is 2.86. The van der Waals surface area contributed by atoms with Crippen LogP contribution in [0.2, 0.25) is 0 Å². The smallest absolute Gasteiger partial charge is 0.323 e. The predicted molar refractivity (Wildman–Crippen MR) is 99.1 cm³/mol. The summed E-state index contributed by atoms with van der Waals surface area (Å²) >= 11 is 0. The zero-order chi connectivity index (χ0) is 19.7. The second-order valence-electron chi connectivity index (χ2n) is 8.56. The fourth-order valence-corrected chi connectivity index (χ4v) is 4.60. The number of hydroxylamine groups is 1. The zero-order valence-corrected chi connectivity index (χ0v) is 16.1. The SMILES string of the molecule is C[C@H]1CC(C)(C)C[C@]2(C1)NC(=O)N(CC(=O)NOCc1ccccc1)C2=O. The van der Waals surface area contributed by atoms with Crippen LogP contribution in [0.5, 0.6) is 0 Å². The Balaban J connectivity index is 1.58. The van der Waals surface area contributed by atoms with Crippen molar-refractivity contribution in [2.45, 2.75) is 52.2 Å². The maximum Gasteiger partial charge on any atom is 0.325 e. The molecule has 1 aliphatic carbocycles. The van der Waals surface area contributed by atoms with E-state index in [0.717, 1.165) is 16.9 Å². The fourth-order valence-electron chi connectivity index (χ4n) is 4.60. The minimum absolute atomic E-state index is 0.0440. The summed E-state index contributed by atoms with van der Waals surface area (Å²) < 4.78 is 0. The van der Waals surface area contributed by atoms with Gasteiger partial charge in [-0.1, -0.05) is 51.1 Å². The van der Waals surface area contributed by atoms with Crippen LogP contribution in [0, 0.1) is 11.3 Å². The number of carbonyl (C=O) groups excluding carboxylic acids is 3. The van der Waals surface area contributed by atoms with E-state index in [2.05, 4.69) is 31.6 Å². The molecule has 0 unspecified atom stereocenters. The second kappa shape index (κ2) is 7.31. The van der Waals surface area contributed by atoms with Gasteiger partial charge in [0.15, 0.2) is 0 Å². The van der Waals surface area contributed by atoms with E-state index in [1.165, 1.54) is 0 Å². The van der Waals surface area contributed by atoms with Gasteiger partial charge in [0.1, 0.15) is 12.1 Å². The lowest BCUT2D eigenvalue weighted by atomic mass is 9.64. The number of benzene rings is 1. The number of hydrogen-bond donors (Lipinski definition) is 2. The van der Waals surface area contributed by atoms with E-state index < -0.39 is 17.5 Å². The quantitative estimate of drug-likeness (QED) is 0.613. The first-order valence-corrected chi connectivity index (χ1v) is 9.29. The summed E-state index contributed by atoms with van der Waals surface area (Å²) in [5.41, 5.74) is 2.27. The number of hydrogen-bond acceptors (Lipinski definition) is 4. The molecule has 1 saturated heterocycles. The van der Waals surface area contributed by atoms with Crippen LogP contribution < -0.4 is 10.8 Å². The van der Waals surface area contributed by atoms with Crippen LogP contribution in [-0.4, -0.2) is 34.8 Å². The summed E-state index contributed by atoms with van der Waals surface area (Å²) in [7, 11) is 0. The standard InChI is InChI=1S/C20H27N3O4/c1-14-9-19(2,3)13-20(10-14)17(25)23(18(26)21-20)11-16(24)22-27-12-15-7-5-4-6-8-15/h4-8,14H,9-13H2,1-3H3,(H,21,26)(H,22,24)/t14-,20-/m0/s1. The fraction of sp³-hybridized carbons (Fsp3) is 0.550. The van der Waals surface area contributed by atoms with Crippen LogP contribution in [0.15, 0.2) is 30.3 Å². The molecule has 7 nitrogen and oxygen atoms in total. The Labute approximate surface area is 159 Å². The molecule has 0 radical (unpaired) electrons. The molecule has 1 spiro atoms. The van der Waals surface area contributed by atoms with Gasteiger partial charge in [0.25, 0.3) is 11.8 Å². The normalized spacial score (nSPS) is 26.9. The van der Waals surface area contributed by atoms with E-state index in [1.807, 2.05) is 30.3 Å². The van der Waals surface area contributed by atoms with Gasteiger partial charge in [-0.05, 0) is 36.2 Å². The van der Waals surface area contributed by atoms with Crippen LogP contribution in [-0.2, 0) is 21.0 Å². The van der Waals surface area contributed by atoms with E-state index in [-0.39, 0.29) is 24.5 Å². The second-order valence-corrected chi connectivity index (χ2v) is 8.56. The number of carbonyl (C=O) groups is 3. The molecule has 1 aromatic rings. The Morgan fingerprint density at radius 1 is 1.26 bits per heavy atom. The van der Waals surface area contributed by atoms with Gasteiger partial charge in [0.2, 0.25) is 0 Å². The van der Waals surface area contributed by atoms with Crippen LogP contribution >= 0.6 is 0 Å². The zero-order valence-electron chi connectivity index (χ0n) is 16.1. The van der Waals surface area contributed by atoms with Crippen molar-refractivity contribution in [1.29, 1.82) is 0 Å². The van der Waals surface area contributed by atoms with Gasteiger partial charge >= 0.3 is 6.03 Å². The lowest BCUT2D eigenvalue weighted by Crippen LogP contribution is -2.54. The van der Waals surface area contributed by atoms with Crippen LogP contribution in [0.25, 0.3) is 0 Å². The lowest BCUT2D eigenvalue weighted by Gasteiger charge is -2.43. The molecule has 2 aliphatic rings. The molecule has 0 aromatic heterocycles. The lowest BCUT2D eigenvalue weighted by molar-refractivity contribution is -0.142. The van der Waals surface area contributed by atoms with E-state index in [0.29, 0.717) is 18.8 Å². The molecule has 2 N–H and O–H groups in total. The maximum atomic E-state index is 13.0. The summed E-state index contributed by atoms with van der Waals surface area (Å²) in [6, 6.07) is 8.88. The number of nitrogens with one attached hydrogen (secondary N) is 2. The summed E-state index contributed by atoms with van der Waals surface area (Å²) in [6.07, 6.45) is 2.19. The van der Waals surface area contributed by atoms with Crippen molar-refractivity contribution in [3.8, 4) is 0 Å². The average Bonchev–Trinajstić information content (AvgIpc) is 2.77. The largest absolute Gasteiger partial charge is 0.325 e. The molecule has 2 atom stereocenters. The Morgan fingerprint density at radius 3 is 2.63 bits per heavy atom. The van der Waals surface area contributed by atoms with Crippen molar-refractivity contribution in [2.75, 3.05) is 6.54 Å². The van der Waals surface area contributed by atoms with Crippen molar-refractivity contribution >= 4 is 17.8 Å². The Bertz CT molecular complexity index is 734. The predicted octanol–water partition coefficient (Wildman–Crippen LogP) is 2.37. The molecule has 2 fully saturated rings. The number of rotatable bonds is 5. The highest BCUT2D eigenvalue weighted by Crippen LogP contribution is 2.46. The van der Waals surface area contributed by atoms with Crippen molar-refractivity contribution in [3.05, 3.63) is 35.9 Å². The van der Waals surface area contributed by atoms with Crippen molar-refractivity contribution < 1.29 is 19.2 Å². The third-order valence-corrected chi connectivity index (χ3v) is 5.19. The molecular weight excluding hydrogens is 346 g/mol. The van der Waals surface area contributed by atoms with Gasteiger partial charge < -0.3 is 5.32 Å². The van der Waals surface area contributed by atoms with Gasteiger partial charge in [-0.2, -0.15) is 0 Å². The van der Waals surface area contributed by atoms with E-state index in [1.54, 1.807) is 0 Å². The number of nitrogens with zero attached hydrogens (tertiary/aromatic N) is 1.